The largest absolute Gasteiger partial charge is 0.322 e. The van der Waals surface area contributed by atoms with E-state index in [4.69, 9.17) is 11.6 Å². The van der Waals surface area contributed by atoms with Gasteiger partial charge in [0, 0.05) is 17.5 Å². The summed E-state index contributed by atoms with van der Waals surface area (Å²) in [5.74, 6) is -0.559. The molecule has 10 heteroatoms. The average molecular weight is 493 g/mol. The van der Waals surface area contributed by atoms with Gasteiger partial charge in [-0.3, -0.25) is 9.52 Å². The van der Waals surface area contributed by atoms with Gasteiger partial charge in [-0.1, -0.05) is 29.8 Å². The molecule has 0 heterocycles. The Hall–Kier alpha value is -2.88. The van der Waals surface area contributed by atoms with Crippen molar-refractivity contribution in [1.82, 2.24) is 0 Å². The molecule has 3 aromatic rings. The van der Waals surface area contributed by atoms with Crippen molar-refractivity contribution < 1.29 is 21.6 Å². The number of para-hydroxylation sites is 1. The van der Waals surface area contributed by atoms with Crippen molar-refractivity contribution in [3.05, 3.63) is 82.4 Å². The topological polar surface area (TPSA) is 109 Å². The van der Waals surface area contributed by atoms with Gasteiger partial charge in [0.15, 0.2) is 9.84 Å². The Balaban J connectivity index is 1.80. The Kier molecular flexibility index (Phi) is 6.64. The summed E-state index contributed by atoms with van der Waals surface area (Å²) in [6.07, 6.45) is 1.00. The van der Waals surface area contributed by atoms with Crippen LogP contribution in [-0.2, 0) is 19.9 Å². The first-order valence-corrected chi connectivity index (χ1v) is 13.1. The molecule has 0 fully saturated rings. The molecule has 0 aromatic heterocycles. The molecular weight excluding hydrogens is 472 g/mol. The van der Waals surface area contributed by atoms with Crippen LogP contribution in [0.15, 0.2) is 70.5 Å². The number of benzene rings is 3. The van der Waals surface area contributed by atoms with E-state index in [2.05, 4.69) is 10.0 Å². The number of sulfonamides is 1. The molecule has 0 bridgehead atoms. The Morgan fingerprint density at radius 3 is 2.03 bits per heavy atom. The number of amides is 1. The fourth-order valence-electron chi connectivity index (χ4n) is 3.02. The zero-order valence-corrected chi connectivity index (χ0v) is 19.9. The SMILES string of the molecule is Cc1cccc(C)c1NS(=O)(=O)c1ccc(NC(=O)c2ccc(Cl)c(S(C)(=O)=O)c2)cc1. The Morgan fingerprint density at radius 2 is 1.47 bits per heavy atom. The van der Waals surface area contributed by atoms with Crippen LogP contribution in [0.25, 0.3) is 0 Å². The number of hydrogen-bond acceptors (Lipinski definition) is 5. The lowest BCUT2D eigenvalue weighted by atomic mass is 10.1. The molecule has 7 nitrogen and oxygen atoms in total. The highest BCUT2D eigenvalue weighted by atomic mass is 35.5. The Labute approximate surface area is 192 Å². The summed E-state index contributed by atoms with van der Waals surface area (Å²) in [4.78, 5) is 12.4. The second kappa shape index (κ2) is 8.93. The fraction of sp³-hybridized carbons (Fsp3) is 0.136. The number of aryl methyl sites for hydroxylation is 2. The molecule has 0 aliphatic rings. The summed E-state index contributed by atoms with van der Waals surface area (Å²) in [5.41, 5.74) is 2.57. The van der Waals surface area contributed by atoms with E-state index in [9.17, 15) is 21.6 Å². The van der Waals surface area contributed by atoms with Gasteiger partial charge in [-0.15, -0.1) is 0 Å². The maximum absolute atomic E-state index is 12.8. The first-order chi connectivity index (χ1) is 14.9. The van der Waals surface area contributed by atoms with E-state index in [1.807, 2.05) is 32.0 Å². The van der Waals surface area contributed by atoms with E-state index in [0.29, 0.717) is 11.4 Å². The van der Waals surface area contributed by atoms with E-state index in [1.165, 1.54) is 42.5 Å². The molecule has 0 aliphatic carbocycles. The van der Waals surface area contributed by atoms with Crippen molar-refractivity contribution in [1.29, 1.82) is 0 Å². The number of hydrogen-bond donors (Lipinski definition) is 2. The lowest BCUT2D eigenvalue weighted by molar-refractivity contribution is 0.102. The molecule has 0 unspecified atom stereocenters. The highest BCUT2D eigenvalue weighted by Crippen LogP contribution is 2.25. The molecule has 3 aromatic carbocycles. The minimum absolute atomic E-state index is 0.0231. The molecule has 32 heavy (non-hydrogen) atoms. The third kappa shape index (κ3) is 5.29. The van der Waals surface area contributed by atoms with Crippen LogP contribution >= 0.6 is 11.6 Å². The van der Waals surface area contributed by atoms with Crippen molar-refractivity contribution in [3.63, 3.8) is 0 Å². The maximum atomic E-state index is 12.8. The lowest BCUT2D eigenvalue weighted by Gasteiger charge is -2.13. The van der Waals surface area contributed by atoms with Crippen LogP contribution in [0.1, 0.15) is 21.5 Å². The lowest BCUT2D eigenvalue weighted by Crippen LogP contribution is -2.15. The number of sulfone groups is 1. The predicted molar refractivity (Wildman–Crippen MR) is 126 cm³/mol. The number of rotatable bonds is 6. The number of anilines is 2. The fourth-order valence-corrected chi connectivity index (χ4v) is 5.52. The van der Waals surface area contributed by atoms with Crippen molar-refractivity contribution in [3.8, 4) is 0 Å². The molecule has 0 radical (unpaired) electrons. The van der Waals surface area contributed by atoms with E-state index in [0.717, 1.165) is 17.4 Å². The molecule has 2 N–H and O–H groups in total. The van der Waals surface area contributed by atoms with Crippen molar-refractivity contribution in [2.75, 3.05) is 16.3 Å². The van der Waals surface area contributed by atoms with Crippen LogP contribution in [0.4, 0.5) is 11.4 Å². The van der Waals surface area contributed by atoms with E-state index >= 15 is 0 Å². The van der Waals surface area contributed by atoms with Gasteiger partial charge in [-0.2, -0.15) is 0 Å². The highest BCUT2D eigenvalue weighted by molar-refractivity contribution is 7.92. The predicted octanol–water partition coefficient (Wildman–Crippen LogP) is 4.41. The minimum Gasteiger partial charge on any atom is -0.322 e. The Bertz CT molecular complexity index is 1380. The van der Waals surface area contributed by atoms with Gasteiger partial charge in [0.05, 0.1) is 20.5 Å². The second-order valence-corrected chi connectivity index (χ2v) is 11.3. The molecule has 0 spiro atoms. The average Bonchev–Trinajstić information content (AvgIpc) is 2.70. The molecule has 168 valence electrons. The zero-order chi connectivity index (χ0) is 23.7. The summed E-state index contributed by atoms with van der Waals surface area (Å²) in [5, 5.41) is 2.63. The summed E-state index contributed by atoms with van der Waals surface area (Å²) < 4.78 is 51.7. The summed E-state index contributed by atoms with van der Waals surface area (Å²) in [7, 11) is -7.43. The summed E-state index contributed by atoms with van der Waals surface area (Å²) in [6, 6.07) is 15.0. The standard InChI is InChI=1S/C22H21ClN2O5S2/c1-14-5-4-6-15(2)21(14)25-32(29,30)18-10-8-17(9-11-18)24-22(26)16-7-12-19(23)20(13-16)31(3,27)28/h4-13,25H,1-3H3,(H,24,26). The van der Waals surface area contributed by atoms with Gasteiger partial charge in [0.1, 0.15) is 0 Å². The number of carbonyl (C=O) groups is 1. The normalized spacial score (nSPS) is 11.8. The minimum atomic E-state index is -3.83. The smallest absolute Gasteiger partial charge is 0.261 e. The number of halogens is 1. The summed E-state index contributed by atoms with van der Waals surface area (Å²) in [6.45, 7) is 3.63. The van der Waals surface area contributed by atoms with Gasteiger partial charge >= 0.3 is 0 Å². The van der Waals surface area contributed by atoms with Crippen LogP contribution in [-0.4, -0.2) is 29.0 Å². The van der Waals surface area contributed by atoms with Gasteiger partial charge in [0.2, 0.25) is 0 Å². The van der Waals surface area contributed by atoms with E-state index in [1.54, 1.807) is 0 Å². The first-order valence-electron chi connectivity index (χ1n) is 9.38. The van der Waals surface area contributed by atoms with Crippen LogP contribution in [0, 0.1) is 13.8 Å². The third-order valence-corrected chi connectivity index (χ3v) is 7.68. The molecular formula is C22H21ClN2O5S2. The van der Waals surface area contributed by atoms with E-state index < -0.39 is 25.8 Å². The van der Waals surface area contributed by atoms with Crippen molar-refractivity contribution in [2.24, 2.45) is 0 Å². The highest BCUT2D eigenvalue weighted by Gasteiger charge is 2.18. The van der Waals surface area contributed by atoms with Gasteiger partial charge in [-0.25, -0.2) is 16.8 Å². The molecule has 0 aliphatic heterocycles. The van der Waals surface area contributed by atoms with Gasteiger partial charge < -0.3 is 5.32 Å². The third-order valence-electron chi connectivity index (χ3n) is 4.73. The van der Waals surface area contributed by atoms with Crippen LogP contribution in [0.2, 0.25) is 5.02 Å². The zero-order valence-electron chi connectivity index (χ0n) is 17.5. The molecule has 1 amide bonds. The number of carbonyl (C=O) groups excluding carboxylic acids is 1. The summed E-state index contributed by atoms with van der Waals surface area (Å²) >= 11 is 5.91. The van der Waals surface area contributed by atoms with Gasteiger partial charge in [0.25, 0.3) is 15.9 Å². The molecule has 0 atom stereocenters. The molecule has 3 rings (SSSR count). The first kappa shape index (κ1) is 23.8. The van der Waals surface area contributed by atoms with Crippen molar-refractivity contribution >= 4 is 48.7 Å². The van der Waals surface area contributed by atoms with Crippen molar-refractivity contribution in [2.45, 2.75) is 23.6 Å². The maximum Gasteiger partial charge on any atom is 0.261 e. The van der Waals surface area contributed by atoms with Crippen LogP contribution in [0.3, 0.4) is 0 Å². The van der Waals surface area contributed by atoms with Crippen LogP contribution < -0.4 is 10.0 Å². The Morgan fingerprint density at radius 1 is 0.875 bits per heavy atom. The molecule has 0 saturated carbocycles. The monoisotopic (exact) mass is 492 g/mol. The second-order valence-electron chi connectivity index (χ2n) is 7.27. The van der Waals surface area contributed by atoms with E-state index in [-0.39, 0.29) is 20.4 Å². The molecule has 0 saturated heterocycles. The van der Waals surface area contributed by atoms with Crippen LogP contribution in [0.5, 0.6) is 0 Å². The number of nitrogens with one attached hydrogen (secondary N) is 2. The quantitative estimate of drug-likeness (QED) is 0.529. The van der Waals surface area contributed by atoms with Gasteiger partial charge in [-0.05, 0) is 67.4 Å².